The predicted molar refractivity (Wildman–Crippen MR) is 80.2 cm³/mol. The molecule has 3 N–H and O–H groups in total. The Morgan fingerprint density at radius 3 is 2.65 bits per heavy atom. The van der Waals surface area contributed by atoms with Gasteiger partial charge in [-0.3, -0.25) is 0 Å². The Hall–Kier alpha value is -1.04. The van der Waals surface area contributed by atoms with Crippen molar-refractivity contribution in [3.8, 4) is 0 Å². The highest BCUT2D eigenvalue weighted by Gasteiger charge is 2.17. The van der Waals surface area contributed by atoms with Crippen molar-refractivity contribution in [3.63, 3.8) is 0 Å². The fourth-order valence-corrected chi connectivity index (χ4v) is 1.90. The molecule has 1 rings (SSSR count). The van der Waals surface area contributed by atoms with Gasteiger partial charge in [-0.2, -0.15) is 0 Å². The van der Waals surface area contributed by atoms with E-state index in [1.54, 1.807) is 32.9 Å². The smallest absolute Gasteiger partial charge is 0.407 e. The van der Waals surface area contributed by atoms with E-state index in [1.807, 2.05) is 0 Å². The first-order valence-electron chi connectivity index (χ1n) is 6.21. The fraction of sp³-hybridized carbons (Fsp3) is 0.538. The second-order valence-corrected chi connectivity index (χ2v) is 6.18. The number of carbonyl (C=O) groups is 1. The number of nitrogens with zero attached hydrogens (tertiary/aromatic N) is 1. The Bertz CT molecular complexity index is 475. The topological polar surface area (TPSA) is 77.2 Å². The lowest BCUT2D eigenvalue weighted by atomic mass is 10.1. The normalized spacial score (nSPS) is 12.9. The first kappa shape index (κ1) is 17.0. The summed E-state index contributed by atoms with van der Waals surface area (Å²) in [5.74, 6) is 0. The van der Waals surface area contributed by atoms with Crippen LogP contribution in [0.5, 0.6) is 0 Å². The number of nitrogens with one attached hydrogen (secondary N) is 1. The van der Waals surface area contributed by atoms with E-state index in [0.717, 1.165) is 5.56 Å². The van der Waals surface area contributed by atoms with Gasteiger partial charge in [-0.05, 0) is 38.8 Å². The highest BCUT2D eigenvalue weighted by molar-refractivity contribution is 6.32. The molecule has 1 atom stereocenters. The third-order valence-corrected chi connectivity index (χ3v) is 2.82. The van der Waals surface area contributed by atoms with Crippen molar-refractivity contribution in [2.24, 2.45) is 5.73 Å². The second kappa shape index (κ2) is 7.11. The molecule has 5 nitrogen and oxygen atoms in total. The van der Waals surface area contributed by atoms with Crippen LogP contribution < -0.4 is 11.1 Å². The zero-order valence-electron chi connectivity index (χ0n) is 11.7. The van der Waals surface area contributed by atoms with Crippen LogP contribution in [0, 0.1) is 0 Å². The maximum Gasteiger partial charge on any atom is 0.407 e. The Morgan fingerprint density at radius 1 is 1.45 bits per heavy atom. The summed E-state index contributed by atoms with van der Waals surface area (Å²) in [6.45, 7) is 5.68. The van der Waals surface area contributed by atoms with Gasteiger partial charge in [0.05, 0.1) is 0 Å². The van der Waals surface area contributed by atoms with Gasteiger partial charge < -0.3 is 15.8 Å². The number of aromatic nitrogens is 1. The quantitative estimate of drug-likeness (QED) is 0.836. The number of hydrogen-bond donors (Lipinski definition) is 2. The molecule has 20 heavy (non-hydrogen) atoms. The van der Waals surface area contributed by atoms with Crippen molar-refractivity contribution in [2.75, 3.05) is 6.54 Å². The number of halogens is 2. The molecule has 1 aromatic heterocycles. The summed E-state index contributed by atoms with van der Waals surface area (Å²) < 4.78 is 5.12. The molecule has 0 fully saturated rings. The lowest BCUT2D eigenvalue weighted by Gasteiger charge is -2.20. The Balaban J connectivity index is 2.44. The molecule has 1 aromatic rings. The minimum absolute atomic E-state index is 0.286. The van der Waals surface area contributed by atoms with Crippen molar-refractivity contribution in [1.29, 1.82) is 0 Å². The zero-order valence-corrected chi connectivity index (χ0v) is 13.3. The van der Waals surface area contributed by atoms with Crippen molar-refractivity contribution >= 4 is 29.3 Å². The SMILES string of the molecule is CC(C)(C)OC(=O)NCC(N)Cc1ccc(Cl)nc1Cl. The third kappa shape index (κ3) is 6.41. The summed E-state index contributed by atoms with van der Waals surface area (Å²) in [4.78, 5) is 15.4. The van der Waals surface area contributed by atoms with Crippen LogP contribution in [0.15, 0.2) is 12.1 Å². The summed E-state index contributed by atoms with van der Waals surface area (Å²) >= 11 is 11.7. The Morgan fingerprint density at radius 2 is 2.10 bits per heavy atom. The number of hydrogen-bond acceptors (Lipinski definition) is 4. The molecule has 1 heterocycles. The standard InChI is InChI=1S/C13H19Cl2N3O2/c1-13(2,3)20-12(19)17-7-9(16)6-8-4-5-10(14)18-11(8)15/h4-5,9H,6-7,16H2,1-3H3,(H,17,19). The molecule has 0 spiro atoms. The molecule has 1 amide bonds. The second-order valence-electron chi connectivity index (χ2n) is 5.43. The van der Waals surface area contributed by atoms with Crippen molar-refractivity contribution in [3.05, 3.63) is 28.0 Å². The average Bonchev–Trinajstić information content (AvgIpc) is 2.28. The summed E-state index contributed by atoms with van der Waals surface area (Å²) in [7, 11) is 0. The maximum atomic E-state index is 11.5. The molecule has 0 aliphatic carbocycles. The van der Waals surface area contributed by atoms with Crippen LogP contribution >= 0.6 is 23.2 Å². The predicted octanol–water partition coefficient (Wildman–Crippen LogP) is 2.78. The number of nitrogens with two attached hydrogens (primary N) is 1. The van der Waals surface area contributed by atoms with E-state index in [-0.39, 0.29) is 12.6 Å². The molecular weight excluding hydrogens is 301 g/mol. The highest BCUT2D eigenvalue weighted by atomic mass is 35.5. The molecule has 0 aliphatic rings. The zero-order chi connectivity index (χ0) is 15.3. The van der Waals surface area contributed by atoms with Crippen LogP contribution in [0.4, 0.5) is 4.79 Å². The molecule has 0 saturated heterocycles. The van der Waals surface area contributed by atoms with E-state index in [9.17, 15) is 4.79 Å². The lowest BCUT2D eigenvalue weighted by molar-refractivity contribution is 0.0524. The van der Waals surface area contributed by atoms with Gasteiger partial charge in [-0.15, -0.1) is 0 Å². The molecule has 0 aromatic carbocycles. The van der Waals surface area contributed by atoms with Crippen molar-refractivity contribution < 1.29 is 9.53 Å². The Kier molecular flexibility index (Phi) is 6.05. The van der Waals surface area contributed by atoms with Crippen LogP contribution in [0.2, 0.25) is 10.3 Å². The van der Waals surface area contributed by atoms with Gasteiger partial charge in [0.2, 0.25) is 0 Å². The van der Waals surface area contributed by atoms with Crippen molar-refractivity contribution in [2.45, 2.75) is 38.8 Å². The third-order valence-electron chi connectivity index (χ3n) is 2.28. The number of rotatable bonds is 4. The number of pyridine rings is 1. The molecule has 0 radical (unpaired) electrons. The van der Waals surface area contributed by atoms with E-state index in [4.69, 9.17) is 33.7 Å². The van der Waals surface area contributed by atoms with Gasteiger partial charge in [0.25, 0.3) is 0 Å². The van der Waals surface area contributed by atoms with E-state index >= 15 is 0 Å². The van der Waals surface area contributed by atoms with E-state index in [2.05, 4.69) is 10.3 Å². The number of alkyl carbamates (subject to hydrolysis) is 1. The van der Waals surface area contributed by atoms with Crippen molar-refractivity contribution in [1.82, 2.24) is 10.3 Å². The van der Waals surface area contributed by atoms with Crippen LogP contribution in [0.3, 0.4) is 0 Å². The summed E-state index contributed by atoms with van der Waals surface area (Å²) in [5.41, 5.74) is 6.19. The molecule has 0 saturated carbocycles. The van der Waals surface area contributed by atoms with Gasteiger partial charge in [0, 0.05) is 12.6 Å². The minimum Gasteiger partial charge on any atom is -0.444 e. The Labute approximate surface area is 128 Å². The number of amides is 1. The molecule has 112 valence electrons. The van der Waals surface area contributed by atoms with Gasteiger partial charge in [-0.1, -0.05) is 29.3 Å². The van der Waals surface area contributed by atoms with E-state index in [0.29, 0.717) is 16.7 Å². The van der Waals surface area contributed by atoms with Crippen LogP contribution in [-0.2, 0) is 11.2 Å². The molecule has 0 aliphatic heterocycles. The molecule has 1 unspecified atom stereocenters. The van der Waals surface area contributed by atoms with E-state index < -0.39 is 11.7 Å². The average molecular weight is 320 g/mol. The monoisotopic (exact) mass is 319 g/mol. The molecule has 7 heteroatoms. The lowest BCUT2D eigenvalue weighted by Crippen LogP contribution is -2.41. The maximum absolute atomic E-state index is 11.5. The van der Waals surface area contributed by atoms with E-state index in [1.165, 1.54) is 0 Å². The van der Waals surface area contributed by atoms with Crippen LogP contribution in [-0.4, -0.2) is 29.3 Å². The first-order valence-corrected chi connectivity index (χ1v) is 6.96. The largest absolute Gasteiger partial charge is 0.444 e. The van der Waals surface area contributed by atoms with Gasteiger partial charge >= 0.3 is 6.09 Å². The number of carbonyl (C=O) groups excluding carboxylic acids is 1. The van der Waals surface area contributed by atoms with Crippen LogP contribution in [0.25, 0.3) is 0 Å². The number of ether oxygens (including phenoxy) is 1. The summed E-state index contributed by atoms with van der Waals surface area (Å²) in [6, 6.07) is 3.13. The summed E-state index contributed by atoms with van der Waals surface area (Å²) in [5, 5.41) is 3.27. The van der Waals surface area contributed by atoms with Crippen LogP contribution in [0.1, 0.15) is 26.3 Å². The van der Waals surface area contributed by atoms with Gasteiger partial charge in [0.15, 0.2) is 0 Å². The summed E-state index contributed by atoms with van der Waals surface area (Å²) in [6.07, 6.45) is -0.00741. The molecular formula is C13H19Cl2N3O2. The van der Waals surface area contributed by atoms with Gasteiger partial charge in [0.1, 0.15) is 15.9 Å². The molecule has 0 bridgehead atoms. The minimum atomic E-state index is -0.530. The first-order chi connectivity index (χ1) is 9.17. The van der Waals surface area contributed by atoms with Gasteiger partial charge in [-0.25, -0.2) is 9.78 Å². The highest BCUT2D eigenvalue weighted by Crippen LogP contribution is 2.17. The fourth-order valence-electron chi connectivity index (χ4n) is 1.48.